The molecule has 1 aliphatic rings. The highest BCUT2D eigenvalue weighted by atomic mass is 16.5. The average Bonchev–Trinajstić information content (AvgIpc) is 3.23. The minimum Gasteiger partial charge on any atom is -0.360 e. The number of aromatic nitrogens is 4. The molecule has 1 aliphatic heterocycles. The van der Waals surface area contributed by atoms with Crippen LogP contribution in [0.25, 0.3) is 5.65 Å². The van der Waals surface area contributed by atoms with Crippen LogP contribution in [0.5, 0.6) is 0 Å². The molecule has 1 saturated heterocycles. The topological polar surface area (TPSA) is 79.8 Å². The molecule has 136 valence electrons. The van der Waals surface area contributed by atoms with Gasteiger partial charge in [-0.2, -0.15) is 5.10 Å². The summed E-state index contributed by atoms with van der Waals surface area (Å²) in [5.41, 5.74) is 2.11. The smallest absolute Gasteiger partial charge is 0.274 e. The van der Waals surface area contributed by atoms with Crippen molar-refractivity contribution in [3.8, 4) is 0 Å². The Bertz CT molecular complexity index is 869. The fraction of sp³-hybridized carbons (Fsp3) is 0.444. The average molecular weight is 354 g/mol. The Morgan fingerprint density at radius 1 is 1.23 bits per heavy atom. The lowest BCUT2D eigenvalue weighted by molar-refractivity contribution is 0.0754. The van der Waals surface area contributed by atoms with Crippen molar-refractivity contribution >= 4 is 11.6 Å². The highest BCUT2D eigenvalue weighted by Crippen LogP contribution is 2.13. The maximum Gasteiger partial charge on any atom is 0.274 e. The molecular formula is C18H22N6O2. The summed E-state index contributed by atoms with van der Waals surface area (Å²) in [5, 5.41) is 8.39. The zero-order chi connectivity index (χ0) is 17.9. The quantitative estimate of drug-likeness (QED) is 0.708. The molecule has 4 heterocycles. The van der Waals surface area contributed by atoms with E-state index in [9.17, 15) is 4.79 Å². The fourth-order valence-electron chi connectivity index (χ4n) is 3.25. The summed E-state index contributed by atoms with van der Waals surface area (Å²) in [6, 6.07) is 5.55. The fourth-order valence-corrected chi connectivity index (χ4v) is 3.25. The van der Waals surface area contributed by atoms with E-state index in [1.54, 1.807) is 29.0 Å². The van der Waals surface area contributed by atoms with Crippen molar-refractivity contribution in [1.29, 1.82) is 0 Å². The number of rotatable bonds is 4. The molecule has 0 radical (unpaired) electrons. The zero-order valence-electron chi connectivity index (χ0n) is 14.8. The highest BCUT2D eigenvalue weighted by Gasteiger charge is 2.23. The lowest BCUT2D eigenvalue weighted by Gasteiger charge is -2.20. The summed E-state index contributed by atoms with van der Waals surface area (Å²) in [5.74, 6) is 0.846. The van der Waals surface area contributed by atoms with Crippen molar-refractivity contribution in [2.45, 2.75) is 26.3 Å². The van der Waals surface area contributed by atoms with Crippen molar-refractivity contribution < 1.29 is 9.32 Å². The van der Waals surface area contributed by atoms with E-state index >= 15 is 0 Å². The number of hydrogen-bond acceptors (Lipinski definition) is 6. The number of aryl methyl sites for hydroxylation is 1. The van der Waals surface area contributed by atoms with Crippen molar-refractivity contribution in [2.24, 2.45) is 0 Å². The number of carbonyl (C=O) groups excluding carboxylic acids is 1. The molecule has 0 bridgehead atoms. The molecule has 1 amide bonds. The number of fused-ring (bicyclic) bond motifs is 1. The standard InChI is InChI=1S/C18H22N6O2/c1-2-14-11-15(26-21-14)13-22-6-4-7-23(10-9-22)18(25)16-12-17-19-5-3-8-24(17)20-16/h3,5,8,11-12H,2,4,6-7,9-10,13H2,1H3. The molecule has 0 saturated carbocycles. The van der Waals surface area contributed by atoms with Gasteiger partial charge in [-0.1, -0.05) is 12.1 Å². The molecule has 8 heteroatoms. The second-order valence-electron chi connectivity index (χ2n) is 6.51. The molecule has 4 rings (SSSR count). The minimum absolute atomic E-state index is 0.0368. The summed E-state index contributed by atoms with van der Waals surface area (Å²) in [7, 11) is 0. The maximum atomic E-state index is 12.8. The van der Waals surface area contributed by atoms with Crippen molar-refractivity contribution in [2.75, 3.05) is 26.2 Å². The van der Waals surface area contributed by atoms with Crippen LogP contribution in [-0.4, -0.2) is 61.6 Å². The first-order valence-electron chi connectivity index (χ1n) is 8.99. The third kappa shape index (κ3) is 3.45. The van der Waals surface area contributed by atoms with Gasteiger partial charge in [0, 0.05) is 50.7 Å². The van der Waals surface area contributed by atoms with E-state index in [2.05, 4.69) is 27.1 Å². The molecule has 0 aliphatic carbocycles. The molecule has 0 aromatic carbocycles. The van der Waals surface area contributed by atoms with E-state index in [0.717, 1.165) is 50.5 Å². The summed E-state index contributed by atoms with van der Waals surface area (Å²) >= 11 is 0. The van der Waals surface area contributed by atoms with E-state index in [0.29, 0.717) is 17.9 Å². The summed E-state index contributed by atoms with van der Waals surface area (Å²) in [4.78, 5) is 21.2. The van der Waals surface area contributed by atoms with Crippen LogP contribution in [0.2, 0.25) is 0 Å². The highest BCUT2D eigenvalue weighted by molar-refractivity contribution is 5.93. The van der Waals surface area contributed by atoms with E-state index in [1.165, 1.54) is 0 Å². The van der Waals surface area contributed by atoms with Gasteiger partial charge < -0.3 is 9.42 Å². The first-order valence-corrected chi connectivity index (χ1v) is 8.99. The molecule has 3 aromatic heterocycles. The molecule has 0 spiro atoms. The van der Waals surface area contributed by atoms with Crippen LogP contribution in [0.15, 0.2) is 35.1 Å². The Morgan fingerprint density at radius 2 is 2.15 bits per heavy atom. The predicted octanol–water partition coefficient (Wildman–Crippen LogP) is 1.63. The number of hydrogen-bond donors (Lipinski definition) is 0. The normalized spacial score (nSPS) is 16.1. The lowest BCUT2D eigenvalue weighted by atomic mass is 10.3. The van der Waals surface area contributed by atoms with Gasteiger partial charge in [-0.25, -0.2) is 9.50 Å². The van der Waals surface area contributed by atoms with Crippen molar-refractivity contribution in [3.63, 3.8) is 0 Å². The molecular weight excluding hydrogens is 332 g/mol. The molecule has 26 heavy (non-hydrogen) atoms. The Labute approximate surface area is 151 Å². The predicted molar refractivity (Wildman–Crippen MR) is 94.7 cm³/mol. The SMILES string of the molecule is CCc1cc(CN2CCCN(C(=O)c3cc4ncccn4n3)CC2)on1. The molecule has 8 nitrogen and oxygen atoms in total. The molecule has 0 N–H and O–H groups in total. The zero-order valence-corrected chi connectivity index (χ0v) is 14.8. The van der Waals surface area contributed by atoms with Gasteiger partial charge >= 0.3 is 0 Å². The van der Waals surface area contributed by atoms with E-state index in [1.807, 2.05) is 11.0 Å². The summed E-state index contributed by atoms with van der Waals surface area (Å²) < 4.78 is 7.02. The largest absolute Gasteiger partial charge is 0.360 e. The van der Waals surface area contributed by atoms with Gasteiger partial charge in [-0.3, -0.25) is 9.69 Å². The van der Waals surface area contributed by atoms with Crippen LogP contribution in [0.1, 0.15) is 35.3 Å². The van der Waals surface area contributed by atoms with Crippen LogP contribution in [0, 0.1) is 0 Å². The third-order valence-electron chi connectivity index (χ3n) is 4.68. The van der Waals surface area contributed by atoms with E-state index < -0.39 is 0 Å². The van der Waals surface area contributed by atoms with Crippen LogP contribution < -0.4 is 0 Å². The van der Waals surface area contributed by atoms with Crippen molar-refractivity contribution in [1.82, 2.24) is 29.6 Å². The Balaban J connectivity index is 1.40. The third-order valence-corrected chi connectivity index (χ3v) is 4.68. The first kappa shape index (κ1) is 16.7. The van der Waals surface area contributed by atoms with Crippen LogP contribution >= 0.6 is 0 Å². The molecule has 0 unspecified atom stereocenters. The van der Waals surface area contributed by atoms with E-state index in [-0.39, 0.29) is 5.91 Å². The Hall–Kier alpha value is -2.74. The summed E-state index contributed by atoms with van der Waals surface area (Å²) in [6.07, 6.45) is 5.29. The van der Waals surface area contributed by atoms with Gasteiger partial charge in [0.25, 0.3) is 5.91 Å². The van der Waals surface area contributed by atoms with Gasteiger partial charge in [-0.05, 0) is 18.9 Å². The molecule has 3 aromatic rings. The van der Waals surface area contributed by atoms with Crippen molar-refractivity contribution in [3.05, 3.63) is 47.7 Å². The number of nitrogens with zero attached hydrogens (tertiary/aromatic N) is 6. The molecule has 1 fully saturated rings. The van der Waals surface area contributed by atoms with Crippen LogP contribution in [0.4, 0.5) is 0 Å². The molecule has 0 atom stereocenters. The summed E-state index contributed by atoms with van der Waals surface area (Å²) in [6.45, 7) is 5.93. The monoisotopic (exact) mass is 354 g/mol. The van der Waals surface area contributed by atoms with E-state index in [4.69, 9.17) is 4.52 Å². The van der Waals surface area contributed by atoms with Crippen LogP contribution in [0.3, 0.4) is 0 Å². The minimum atomic E-state index is -0.0368. The van der Waals surface area contributed by atoms with Crippen LogP contribution in [-0.2, 0) is 13.0 Å². The van der Waals surface area contributed by atoms with Gasteiger partial charge in [-0.15, -0.1) is 0 Å². The van der Waals surface area contributed by atoms with Gasteiger partial charge in [0.1, 0.15) is 0 Å². The maximum absolute atomic E-state index is 12.8. The van der Waals surface area contributed by atoms with Gasteiger partial charge in [0.2, 0.25) is 0 Å². The number of carbonyl (C=O) groups is 1. The van der Waals surface area contributed by atoms with Gasteiger partial charge in [0.05, 0.1) is 12.2 Å². The second kappa shape index (κ2) is 7.25. The van der Waals surface area contributed by atoms with Gasteiger partial charge in [0.15, 0.2) is 17.1 Å². The first-order chi connectivity index (χ1) is 12.7. The number of amides is 1. The second-order valence-corrected chi connectivity index (χ2v) is 6.51. The Kier molecular flexibility index (Phi) is 4.66. The Morgan fingerprint density at radius 3 is 2.96 bits per heavy atom. The lowest BCUT2D eigenvalue weighted by Crippen LogP contribution is -2.35.